The van der Waals surface area contributed by atoms with Crippen LogP contribution < -0.4 is 10.6 Å². The van der Waals surface area contributed by atoms with Gasteiger partial charge in [-0.25, -0.2) is 9.97 Å². The standard InChI is InChI=1S/C19H27F3N4O/c20-19(21,22)16-15(10-23-3-4-27)11-24-17(25-16)26-18-2-1-12-5-13(8-18)7-14(6-12)9-18/h11-14,23,27H,1-10H2,(H,24,25,26). The van der Waals surface area contributed by atoms with E-state index in [2.05, 4.69) is 20.6 Å². The molecular weight excluding hydrogens is 357 g/mol. The van der Waals surface area contributed by atoms with Crippen LogP contribution in [-0.2, 0) is 12.7 Å². The van der Waals surface area contributed by atoms with Gasteiger partial charge in [-0.3, -0.25) is 0 Å². The average molecular weight is 384 g/mol. The minimum atomic E-state index is -4.53. The predicted molar refractivity (Wildman–Crippen MR) is 95.0 cm³/mol. The van der Waals surface area contributed by atoms with Crippen LogP contribution >= 0.6 is 0 Å². The number of aliphatic hydroxyl groups is 1. The summed E-state index contributed by atoms with van der Waals surface area (Å²) in [4.78, 5) is 8.09. The van der Waals surface area contributed by atoms with E-state index in [4.69, 9.17) is 5.11 Å². The summed E-state index contributed by atoms with van der Waals surface area (Å²) in [6.07, 6.45) is 4.71. The first kappa shape index (κ1) is 18.9. The number of rotatable bonds is 6. The summed E-state index contributed by atoms with van der Waals surface area (Å²) in [5, 5.41) is 14.9. The molecule has 0 saturated heterocycles. The summed E-state index contributed by atoms with van der Waals surface area (Å²) in [7, 11) is 0. The fraction of sp³-hybridized carbons (Fsp3) is 0.789. The van der Waals surface area contributed by atoms with Crippen LogP contribution in [0.3, 0.4) is 0 Å². The van der Waals surface area contributed by atoms with E-state index < -0.39 is 11.9 Å². The second kappa shape index (κ2) is 7.20. The Morgan fingerprint density at radius 2 is 1.85 bits per heavy atom. The van der Waals surface area contributed by atoms with Gasteiger partial charge in [0.25, 0.3) is 0 Å². The van der Waals surface area contributed by atoms with Gasteiger partial charge in [0.1, 0.15) is 0 Å². The highest BCUT2D eigenvalue weighted by Gasteiger charge is 2.48. The molecule has 150 valence electrons. The van der Waals surface area contributed by atoms with Crippen LogP contribution in [0.25, 0.3) is 0 Å². The third-order valence-electron chi connectivity index (χ3n) is 6.50. The fourth-order valence-corrected chi connectivity index (χ4v) is 5.69. The second-order valence-corrected chi connectivity index (χ2v) is 8.62. The Balaban J connectivity index is 1.57. The summed E-state index contributed by atoms with van der Waals surface area (Å²) in [5.41, 5.74) is -1.05. The van der Waals surface area contributed by atoms with Crippen molar-refractivity contribution in [2.45, 2.75) is 63.2 Å². The number of anilines is 1. The Bertz CT molecular complexity index is 667. The highest BCUT2D eigenvalue weighted by molar-refractivity contribution is 5.35. The molecule has 0 aromatic carbocycles. The van der Waals surface area contributed by atoms with E-state index in [1.54, 1.807) is 0 Å². The molecule has 8 heteroatoms. The molecule has 3 N–H and O–H groups in total. The molecule has 27 heavy (non-hydrogen) atoms. The predicted octanol–water partition coefficient (Wildman–Crippen LogP) is 3.35. The second-order valence-electron chi connectivity index (χ2n) is 8.62. The third-order valence-corrected chi connectivity index (χ3v) is 6.50. The normalized spacial score (nSPS) is 32.5. The molecule has 2 unspecified atom stereocenters. The van der Waals surface area contributed by atoms with Crippen LogP contribution in [0.15, 0.2) is 6.20 Å². The summed E-state index contributed by atoms with van der Waals surface area (Å²) in [5.74, 6) is 2.24. The Hall–Kier alpha value is -1.41. The van der Waals surface area contributed by atoms with Gasteiger partial charge in [0.2, 0.25) is 5.95 Å². The summed E-state index contributed by atoms with van der Waals surface area (Å²) in [6.45, 7) is 0.0741. The van der Waals surface area contributed by atoms with Crippen molar-refractivity contribution in [2.24, 2.45) is 17.8 Å². The molecule has 4 saturated carbocycles. The molecule has 4 bridgehead atoms. The summed E-state index contributed by atoms with van der Waals surface area (Å²) in [6, 6.07) is 0. The number of fused-ring (bicyclic) bond motifs is 1. The van der Waals surface area contributed by atoms with Gasteiger partial charge >= 0.3 is 6.18 Å². The topological polar surface area (TPSA) is 70.1 Å². The maximum Gasteiger partial charge on any atom is 0.433 e. The lowest BCUT2D eigenvalue weighted by Gasteiger charge is -2.45. The zero-order chi connectivity index (χ0) is 19.1. The molecule has 4 aliphatic rings. The van der Waals surface area contributed by atoms with Gasteiger partial charge < -0.3 is 15.7 Å². The van der Waals surface area contributed by atoms with Gasteiger partial charge in [-0.1, -0.05) is 0 Å². The Labute approximate surface area is 157 Å². The van der Waals surface area contributed by atoms with Gasteiger partial charge in [0.05, 0.1) is 6.61 Å². The summed E-state index contributed by atoms with van der Waals surface area (Å²) >= 11 is 0. The van der Waals surface area contributed by atoms with E-state index in [-0.39, 0.29) is 36.7 Å². The molecule has 0 spiro atoms. The highest BCUT2D eigenvalue weighted by atomic mass is 19.4. The highest BCUT2D eigenvalue weighted by Crippen LogP contribution is 2.53. The molecule has 2 atom stereocenters. The van der Waals surface area contributed by atoms with Crippen molar-refractivity contribution in [3.05, 3.63) is 17.5 Å². The van der Waals surface area contributed by atoms with Crippen LogP contribution in [0.2, 0.25) is 0 Å². The monoisotopic (exact) mass is 384 g/mol. The molecule has 4 aliphatic carbocycles. The van der Waals surface area contributed by atoms with Gasteiger partial charge in [-0.2, -0.15) is 13.2 Å². The molecule has 4 fully saturated rings. The first-order chi connectivity index (χ1) is 12.9. The number of nitrogens with one attached hydrogen (secondary N) is 2. The largest absolute Gasteiger partial charge is 0.433 e. The van der Waals surface area contributed by atoms with Gasteiger partial charge in [-0.15, -0.1) is 0 Å². The maximum atomic E-state index is 13.5. The molecule has 0 radical (unpaired) electrons. The average Bonchev–Trinajstić information content (AvgIpc) is 2.79. The molecule has 1 aromatic rings. The van der Waals surface area contributed by atoms with Crippen LogP contribution in [-0.4, -0.2) is 33.8 Å². The number of nitrogens with zero attached hydrogens (tertiary/aromatic N) is 2. The lowest BCUT2D eigenvalue weighted by atomic mass is 9.65. The zero-order valence-electron chi connectivity index (χ0n) is 15.4. The van der Waals surface area contributed by atoms with E-state index in [9.17, 15) is 13.2 Å². The molecule has 0 amide bonds. The van der Waals surface area contributed by atoms with E-state index in [1.807, 2.05) is 0 Å². The van der Waals surface area contributed by atoms with Gasteiger partial charge in [-0.05, 0) is 62.7 Å². The fourth-order valence-electron chi connectivity index (χ4n) is 5.69. The SMILES string of the molecule is OCCNCc1cnc(NC23CCC4CC(CC(C4)C2)C3)nc1C(F)(F)F. The van der Waals surface area contributed by atoms with Crippen molar-refractivity contribution in [1.29, 1.82) is 0 Å². The van der Waals surface area contributed by atoms with Gasteiger partial charge in [0, 0.05) is 30.4 Å². The third kappa shape index (κ3) is 4.06. The maximum absolute atomic E-state index is 13.5. The van der Waals surface area contributed by atoms with Crippen molar-refractivity contribution in [1.82, 2.24) is 15.3 Å². The van der Waals surface area contributed by atoms with Crippen molar-refractivity contribution in [3.8, 4) is 0 Å². The summed E-state index contributed by atoms with van der Waals surface area (Å²) < 4.78 is 40.5. The van der Waals surface area contributed by atoms with Gasteiger partial charge in [0.15, 0.2) is 5.69 Å². The Kier molecular flexibility index (Phi) is 5.05. The first-order valence-corrected chi connectivity index (χ1v) is 9.90. The van der Waals surface area contributed by atoms with Crippen molar-refractivity contribution >= 4 is 5.95 Å². The number of halogens is 3. The number of aromatic nitrogens is 2. The molecule has 0 aliphatic heterocycles. The number of hydrogen-bond acceptors (Lipinski definition) is 5. The van der Waals surface area contributed by atoms with Crippen LogP contribution in [0.5, 0.6) is 0 Å². The number of aliphatic hydroxyl groups excluding tert-OH is 1. The van der Waals surface area contributed by atoms with E-state index >= 15 is 0 Å². The number of alkyl halides is 3. The molecule has 1 heterocycles. The van der Waals surface area contributed by atoms with Crippen molar-refractivity contribution in [3.63, 3.8) is 0 Å². The Morgan fingerprint density at radius 3 is 2.52 bits per heavy atom. The Morgan fingerprint density at radius 1 is 1.15 bits per heavy atom. The number of hydrogen-bond donors (Lipinski definition) is 3. The van der Waals surface area contributed by atoms with E-state index in [0.717, 1.165) is 31.6 Å². The van der Waals surface area contributed by atoms with Crippen LogP contribution in [0.1, 0.15) is 56.2 Å². The molecule has 1 aromatic heterocycles. The zero-order valence-corrected chi connectivity index (χ0v) is 15.4. The van der Waals surface area contributed by atoms with Crippen molar-refractivity contribution < 1.29 is 18.3 Å². The first-order valence-electron chi connectivity index (χ1n) is 9.90. The van der Waals surface area contributed by atoms with Crippen molar-refractivity contribution in [2.75, 3.05) is 18.5 Å². The minimum Gasteiger partial charge on any atom is -0.395 e. The molecule has 5 rings (SSSR count). The molecule has 5 nitrogen and oxygen atoms in total. The smallest absolute Gasteiger partial charge is 0.395 e. The van der Waals surface area contributed by atoms with Crippen LogP contribution in [0.4, 0.5) is 19.1 Å². The lowest BCUT2D eigenvalue weighted by Crippen LogP contribution is -2.45. The lowest BCUT2D eigenvalue weighted by molar-refractivity contribution is -0.141. The van der Waals surface area contributed by atoms with Crippen LogP contribution in [0, 0.1) is 17.8 Å². The minimum absolute atomic E-state index is 0.00337. The van der Waals surface area contributed by atoms with E-state index in [0.29, 0.717) is 11.8 Å². The molecular formula is C19H27F3N4O. The van der Waals surface area contributed by atoms with E-state index in [1.165, 1.54) is 25.5 Å². The quantitative estimate of drug-likeness (QED) is 0.656.